The molecule has 15 heteroatoms. The molecule has 51 heavy (non-hydrogen) atoms. The topological polar surface area (TPSA) is 166 Å². The zero-order valence-electron chi connectivity index (χ0n) is 31.6. The second kappa shape index (κ2) is 16.1. The quantitative estimate of drug-likeness (QED) is 0.185. The van der Waals surface area contributed by atoms with Gasteiger partial charge in [0.25, 0.3) is 0 Å². The van der Waals surface area contributed by atoms with E-state index in [-0.39, 0.29) is 36.4 Å². The summed E-state index contributed by atoms with van der Waals surface area (Å²) in [7, 11) is -3.54. The van der Waals surface area contributed by atoms with Crippen molar-refractivity contribution in [2.45, 2.75) is 118 Å². The highest BCUT2D eigenvalue weighted by Gasteiger charge is 2.70. The lowest BCUT2D eigenvalue weighted by Gasteiger charge is -2.38. The monoisotopic (exact) mass is 740 g/mol. The summed E-state index contributed by atoms with van der Waals surface area (Å²) in [6, 6.07) is 4.29. The van der Waals surface area contributed by atoms with Crippen molar-refractivity contribution in [1.29, 1.82) is 0 Å². The van der Waals surface area contributed by atoms with Crippen molar-refractivity contribution in [3.63, 3.8) is 0 Å². The lowest BCUT2D eigenvalue weighted by atomic mass is 9.85. The molecule has 5 amide bonds. The number of rotatable bonds is 15. The van der Waals surface area contributed by atoms with Crippen molar-refractivity contribution >= 4 is 33.8 Å². The molecule has 1 saturated carbocycles. The largest absolute Gasteiger partial charge is 0.352 e. The van der Waals surface area contributed by atoms with E-state index in [1.807, 2.05) is 65.0 Å². The molecular weight excluding hydrogens is 682 g/mol. The fourth-order valence-electron chi connectivity index (χ4n) is 6.88. The number of amides is 5. The first-order valence-electron chi connectivity index (χ1n) is 17.6. The number of sulfonamides is 1. The number of benzene rings is 1. The number of hydrogen-bond donors (Lipinski definition) is 5. The van der Waals surface area contributed by atoms with Gasteiger partial charge in [-0.3, -0.25) is 14.4 Å². The van der Waals surface area contributed by atoms with Gasteiger partial charge in [-0.25, -0.2) is 26.7 Å². The molecule has 0 aromatic heterocycles. The Labute approximate surface area is 302 Å². The van der Waals surface area contributed by atoms with Crippen LogP contribution >= 0.6 is 0 Å². The minimum absolute atomic E-state index is 0.0423. The lowest BCUT2D eigenvalue weighted by molar-refractivity contribution is -0.144. The van der Waals surface area contributed by atoms with Crippen LogP contribution in [0.3, 0.4) is 0 Å². The number of nitrogens with one attached hydrogen (secondary N) is 5. The van der Waals surface area contributed by atoms with Crippen molar-refractivity contribution < 1.29 is 36.4 Å². The molecule has 0 bridgehead atoms. The minimum Gasteiger partial charge on any atom is -0.352 e. The second-order valence-electron chi connectivity index (χ2n) is 17.0. The highest BCUT2D eigenvalue weighted by molar-refractivity contribution is 7.88. The number of alkyl halides is 2. The Bertz CT molecular complexity index is 1510. The zero-order chi connectivity index (χ0) is 38.7. The first-order chi connectivity index (χ1) is 23.3. The average Bonchev–Trinajstić information content (AvgIpc) is 3.30. The van der Waals surface area contributed by atoms with E-state index in [9.17, 15) is 36.4 Å². The van der Waals surface area contributed by atoms with Gasteiger partial charge >= 0.3 is 6.03 Å². The summed E-state index contributed by atoms with van der Waals surface area (Å²) in [6.07, 6.45) is -1.51. The van der Waals surface area contributed by atoms with Crippen molar-refractivity contribution in [3.05, 3.63) is 35.9 Å². The molecule has 0 spiro atoms. The molecule has 288 valence electrons. The smallest absolute Gasteiger partial charge is 0.315 e. The van der Waals surface area contributed by atoms with Crippen LogP contribution in [-0.4, -0.2) is 93.1 Å². The molecule has 5 N–H and O–H groups in total. The molecule has 2 aliphatic rings. The predicted molar refractivity (Wildman–Crippen MR) is 192 cm³/mol. The first-order valence-corrected chi connectivity index (χ1v) is 19.5. The number of carbonyl (C=O) groups is 4. The van der Waals surface area contributed by atoms with Gasteiger partial charge < -0.3 is 26.2 Å². The maximum Gasteiger partial charge on any atom is 0.315 e. The van der Waals surface area contributed by atoms with E-state index < -0.39 is 81.6 Å². The summed E-state index contributed by atoms with van der Waals surface area (Å²) in [5.74, 6) is -2.26. The summed E-state index contributed by atoms with van der Waals surface area (Å²) in [4.78, 5) is 56.3. The normalized spacial score (nSPS) is 22.3. The Morgan fingerprint density at radius 1 is 0.941 bits per heavy atom. The first kappa shape index (κ1) is 42.1. The van der Waals surface area contributed by atoms with E-state index in [0.717, 1.165) is 11.8 Å². The maximum absolute atomic E-state index is 14.3. The molecule has 1 heterocycles. The molecule has 2 fully saturated rings. The van der Waals surface area contributed by atoms with E-state index >= 15 is 0 Å². The van der Waals surface area contributed by atoms with Crippen molar-refractivity contribution in [2.75, 3.05) is 19.3 Å². The van der Waals surface area contributed by atoms with E-state index in [2.05, 4.69) is 26.0 Å². The third kappa shape index (κ3) is 11.6. The van der Waals surface area contributed by atoms with Gasteiger partial charge in [0.1, 0.15) is 18.1 Å². The van der Waals surface area contributed by atoms with Gasteiger partial charge in [0, 0.05) is 31.6 Å². The van der Waals surface area contributed by atoms with Crippen molar-refractivity contribution in [2.24, 2.45) is 28.1 Å². The third-order valence-corrected chi connectivity index (χ3v) is 10.9. The number of piperidine rings is 1. The zero-order valence-corrected chi connectivity index (χ0v) is 32.4. The van der Waals surface area contributed by atoms with E-state index in [1.54, 1.807) is 27.7 Å². The van der Waals surface area contributed by atoms with Crippen molar-refractivity contribution in [3.8, 4) is 0 Å². The van der Waals surface area contributed by atoms with Gasteiger partial charge in [-0.15, -0.1) is 0 Å². The molecule has 1 aromatic rings. The fourth-order valence-corrected chi connectivity index (χ4v) is 7.35. The lowest BCUT2D eigenvalue weighted by Crippen LogP contribution is -2.63. The highest BCUT2D eigenvalue weighted by Crippen LogP contribution is 2.65. The fraction of sp³-hybridized carbons (Fsp3) is 0.722. The highest BCUT2D eigenvalue weighted by atomic mass is 32.2. The number of carbonyl (C=O) groups excluding carboxylic acids is 4. The standard InChI is InChI=1S/C36H58F2N6O6S/c1-21(16-17-22-14-12-11-13-15-22)40-30(45)24(18-26(37)38)41-31(46)28-27-23(36(27,8)9)20-44(28)32(47)29(35(5,6)7)43-33(48)42-25(34(2,3)4)19-39-51(10,49)50/h11-15,21,23-29,39H,16-20H2,1-10H3,(H,40,45)(H,41,46)(H2,42,43,48)/t21?,23-,24-,25+,27-,28-,29+/m0/s1. The SMILES string of the molecule is CC(CCc1ccccc1)NC(=O)[C@H](CC(F)F)NC(=O)[C@@H]1[C@@H]2[C@H](CN1C(=O)[C@@H](NC(=O)N[C@H](CNS(C)(=O)=O)C(C)(C)C)C(C)(C)C)C2(C)C. The summed E-state index contributed by atoms with van der Waals surface area (Å²) in [5.41, 5.74) is -0.613. The van der Waals surface area contributed by atoms with Crippen molar-refractivity contribution in [1.82, 2.24) is 30.9 Å². The maximum atomic E-state index is 14.3. The van der Waals surface area contributed by atoms with Gasteiger partial charge in [0.05, 0.1) is 6.26 Å². The van der Waals surface area contributed by atoms with Crippen LogP contribution in [0.5, 0.6) is 0 Å². The molecule has 1 unspecified atom stereocenters. The van der Waals surface area contributed by atoms with Crippen LogP contribution in [0.25, 0.3) is 0 Å². The molecule has 1 aromatic carbocycles. The molecule has 12 nitrogen and oxygen atoms in total. The average molecular weight is 741 g/mol. The molecule has 0 radical (unpaired) electrons. The number of nitrogens with zero attached hydrogens (tertiary/aromatic N) is 1. The second-order valence-corrected chi connectivity index (χ2v) is 18.8. The number of fused-ring (bicyclic) bond motifs is 1. The molecular formula is C36H58F2N6O6S. The van der Waals surface area contributed by atoms with E-state index in [4.69, 9.17) is 0 Å². The van der Waals surface area contributed by atoms with Gasteiger partial charge in [-0.1, -0.05) is 85.7 Å². The van der Waals surface area contributed by atoms with Crippen LogP contribution in [0.1, 0.15) is 80.7 Å². The Balaban J connectivity index is 1.78. The van der Waals surface area contributed by atoms with Gasteiger partial charge in [-0.05, 0) is 53.4 Å². The third-order valence-electron chi connectivity index (χ3n) is 10.2. The molecule has 1 saturated heterocycles. The molecule has 1 aliphatic carbocycles. The van der Waals surface area contributed by atoms with Crippen LogP contribution in [0.2, 0.25) is 0 Å². The Morgan fingerprint density at radius 2 is 1.55 bits per heavy atom. The number of halogens is 2. The number of aryl methyl sites for hydroxylation is 1. The molecule has 7 atom stereocenters. The number of likely N-dealkylation sites (tertiary alicyclic amines) is 1. The van der Waals surface area contributed by atoms with Gasteiger partial charge in [0.15, 0.2) is 0 Å². The van der Waals surface area contributed by atoms with Crippen LogP contribution in [-0.2, 0) is 30.8 Å². The molecule has 3 rings (SSSR count). The Morgan fingerprint density at radius 3 is 2.08 bits per heavy atom. The summed E-state index contributed by atoms with van der Waals surface area (Å²) < 4.78 is 53.4. The Hall–Kier alpha value is -3.33. The van der Waals surface area contributed by atoms with Gasteiger partial charge in [0.2, 0.25) is 34.2 Å². The summed E-state index contributed by atoms with van der Waals surface area (Å²) in [5, 5.41) is 10.9. The predicted octanol–water partition coefficient (Wildman–Crippen LogP) is 3.42. The molecule has 1 aliphatic heterocycles. The minimum atomic E-state index is -3.54. The summed E-state index contributed by atoms with van der Waals surface area (Å²) >= 11 is 0. The van der Waals surface area contributed by atoms with Gasteiger partial charge in [-0.2, -0.15) is 0 Å². The number of urea groups is 1. The van der Waals surface area contributed by atoms with E-state index in [0.29, 0.717) is 12.8 Å². The van der Waals surface area contributed by atoms with Crippen LogP contribution in [0.15, 0.2) is 30.3 Å². The van der Waals surface area contributed by atoms with Crippen LogP contribution < -0.4 is 26.0 Å². The van der Waals surface area contributed by atoms with Crippen LogP contribution in [0.4, 0.5) is 13.6 Å². The summed E-state index contributed by atoms with van der Waals surface area (Å²) in [6.45, 7) is 16.7. The Kier molecular flexibility index (Phi) is 13.3. The van der Waals surface area contributed by atoms with Crippen LogP contribution in [0, 0.1) is 28.1 Å². The van der Waals surface area contributed by atoms with E-state index in [1.165, 1.54) is 4.90 Å². The number of hydrogen-bond acceptors (Lipinski definition) is 6.